The lowest BCUT2D eigenvalue weighted by atomic mass is 9.69. The van der Waals surface area contributed by atoms with Crippen molar-refractivity contribution in [1.29, 1.82) is 0 Å². The van der Waals surface area contributed by atoms with Gasteiger partial charge in [-0.25, -0.2) is 0 Å². The van der Waals surface area contributed by atoms with Crippen molar-refractivity contribution in [2.45, 2.75) is 39.3 Å². The molecule has 1 spiro atoms. The average Bonchev–Trinajstić information content (AvgIpc) is 2.89. The van der Waals surface area contributed by atoms with Crippen LogP contribution in [-0.4, -0.2) is 36.0 Å². The van der Waals surface area contributed by atoms with E-state index in [4.69, 9.17) is 4.74 Å². The lowest BCUT2D eigenvalue weighted by Crippen LogP contribution is -2.60. The maximum Gasteiger partial charge on any atom is 0.165 e. The molecule has 25 heavy (non-hydrogen) atoms. The molecule has 0 aromatic heterocycles. The molecule has 1 aromatic rings. The number of Topliss-reactive ketones (excluding diaryl/α,β-unsaturated/α-hetero) is 1. The third-order valence-electron chi connectivity index (χ3n) is 6.11. The molecule has 3 unspecified atom stereocenters. The van der Waals surface area contributed by atoms with Gasteiger partial charge in [0, 0.05) is 24.2 Å². The standard InChI is InChI=1S/C22H25NO2/c1-13-8-6-7-9-17(13)19-10-18-15(3)12-25-22(18)11-14(2)16(4)20(24)21(22)23(19)5/h6-11,16,21H,12H2,1-5H3. The summed E-state index contributed by atoms with van der Waals surface area (Å²) < 4.78 is 6.28. The predicted molar refractivity (Wildman–Crippen MR) is 100 cm³/mol. The summed E-state index contributed by atoms with van der Waals surface area (Å²) in [5.41, 5.74) is 6.36. The van der Waals surface area contributed by atoms with E-state index in [2.05, 4.69) is 55.2 Å². The molecule has 0 N–H and O–H groups in total. The van der Waals surface area contributed by atoms with Crippen molar-refractivity contribution < 1.29 is 9.53 Å². The molecule has 3 heteroatoms. The summed E-state index contributed by atoms with van der Waals surface area (Å²) in [5, 5.41) is 0. The summed E-state index contributed by atoms with van der Waals surface area (Å²) in [4.78, 5) is 15.4. The van der Waals surface area contributed by atoms with Crippen molar-refractivity contribution in [3.05, 3.63) is 64.3 Å². The van der Waals surface area contributed by atoms with Gasteiger partial charge in [-0.3, -0.25) is 4.79 Å². The van der Waals surface area contributed by atoms with E-state index >= 15 is 0 Å². The normalized spacial score (nSPS) is 31.6. The van der Waals surface area contributed by atoms with Crippen molar-refractivity contribution in [2.75, 3.05) is 13.7 Å². The van der Waals surface area contributed by atoms with Crippen LogP contribution < -0.4 is 0 Å². The van der Waals surface area contributed by atoms with Crippen molar-refractivity contribution in [3.8, 4) is 0 Å². The summed E-state index contributed by atoms with van der Waals surface area (Å²) in [7, 11) is 2.03. The maximum atomic E-state index is 13.3. The first kappa shape index (κ1) is 16.3. The molecule has 3 atom stereocenters. The second-order valence-electron chi connectivity index (χ2n) is 7.65. The number of likely N-dealkylation sites (N-methyl/N-ethyl adjacent to an activating group) is 1. The zero-order chi connectivity index (χ0) is 17.9. The van der Waals surface area contributed by atoms with Crippen LogP contribution in [0.4, 0.5) is 0 Å². The van der Waals surface area contributed by atoms with Gasteiger partial charge in [-0.05, 0) is 49.6 Å². The quantitative estimate of drug-likeness (QED) is 0.729. The van der Waals surface area contributed by atoms with Crippen LogP contribution >= 0.6 is 0 Å². The Morgan fingerprint density at radius 2 is 1.92 bits per heavy atom. The first-order chi connectivity index (χ1) is 11.9. The van der Waals surface area contributed by atoms with E-state index in [1.165, 1.54) is 16.7 Å². The SMILES string of the molecule is CC1=CC23OCC(C)=C2C=C(c2ccccc2C)N(C)C3C(=O)C1C. The van der Waals surface area contributed by atoms with Gasteiger partial charge in [0.15, 0.2) is 5.78 Å². The topological polar surface area (TPSA) is 29.5 Å². The molecule has 0 amide bonds. The highest BCUT2D eigenvalue weighted by Crippen LogP contribution is 2.49. The van der Waals surface area contributed by atoms with Gasteiger partial charge in [0.25, 0.3) is 0 Å². The smallest absolute Gasteiger partial charge is 0.165 e. The number of allylic oxidation sites excluding steroid dienone is 1. The van der Waals surface area contributed by atoms with E-state index in [1.807, 2.05) is 20.9 Å². The molecule has 0 radical (unpaired) electrons. The lowest BCUT2D eigenvalue weighted by Gasteiger charge is -2.49. The Labute approximate surface area is 149 Å². The second-order valence-corrected chi connectivity index (χ2v) is 7.65. The Balaban J connectivity index is 1.97. The molecule has 0 bridgehead atoms. The fraction of sp³-hybridized carbons (Fsp3) is 0.409. The van der Waals surface area contributed by atoms with Gasteiger partial charge in [-0.2, -0.15) is 0 Å². The molecule has 1 aliphatic carbocycles. The largest absolute Gasteiger partial charge is 0.361 e. The van der Waals surface area contributed by atoms with Crippen molar-refractivity contribution in [3.63, 3.8) is 0 Å². The molecule has 2 aliphatic heterocycles. The molecule has 130 valence electrons. The lowest BCUT2D eigenvalue weighted by molar-refractivity contribution is -0.133. The summed E-state index contributed by atoms with van der Waals surface area (Å²) in [5.74, 6) is 0.175. The average molecular weight is 335 g/mol. The molecule has 3 nitrogen and oxygen atoms in total. The van der Waals surface area contributed by atoms with Gasteiger partial charge in [0.2, 0.25) is 0 Å². The highest BCUT2D eigenvalue weighted by atomic mass is 16.5. The summed E-state index contributed by atoms with van der Waals surface area (Å²) in [6.45, 7) is 8.87. The monoisotopic (exact) mass is 335 g/mol. The summed E-state index contributed by atoms with van der Waals surface area (Å²) >= 11 is 0. The summed E-state index contributed by atoms with van der Waals surface area (Å²) in [6.07, 6.45) is 4.42. The Morgan fingerprint density at radius 1 is 1.20 bits per heavy atom. The number of ether oxygens (including phenoxy) is 1. The van der Waals surface area contributed by atoms with Crippen molar-refractivity contribution in [1.82, 2.24) is 4.90 Å². The van der Waals surface area contributed by atoms with Crippen LogP contribution in [0.2, 0.25) is 0 Å². The zero-order valence-electron chi connectivity index (χ0n) is 15.6. The Kier molecular flexibility index (Phi) is 3.55. The minimum Gasteiger partial charge on any atom is -0.361 e. The Hall–Kier alpha value is -2.13. The van der Waals surface area contributed by atoms with Crippen LogP contribution in [0.25, 0.3) is 5.70 Å². The molecule has 2 heterocycles. The third kappa shape index (κ3) is 2.12. The minimum absolute atomic E-state index is 0.0694. The maximum absolute atomic E-state index is 13.3. The van der Waals surface area contributed by atoms with Crippen LogP contribution in [0.3, 0.4) is 0 Å². The van der Waals surface area contributed by atoms with E-state index in [1.54, 1.807) is 0 Å². The number of ketones is 1. The van der Waals surface area contributed by atoms with Crippen LogP contribution in [0.1, 0.15) is 31.9 Å². The van der Waals surface area contributed by atoms with Crippen LogP contribution in [0, 0.1) is 12.8 Å². The summed E-state index contributed by atoms with van der Waals surface area (Å²) in [6, 6.07) is 8.05. The fourth-order valence-electron chi connectivity index (χ4n) is 4.50. The molecular formula is C22H25NO2. The minimum atomic E-state index is -0.626. The van der Waals surface area contributed by atoms with Crippen molar-refractivity contribution >= 4 is 11.5 Å². The predicted octanol–water partition coefficient (Wildman–Crippen LogP) is 3.90. The molecular weight excluding hydrogens is 310 g/mol. The first-order valence-corrected chi connectivity index (χ1v) is 8.94. The molecule has 0 saturated heterocycles. The number of rotatable bonds is 1. The number of aryl methyl sites for hydroxylation is 1. The van der Waals surface area contributed by atoms with E-state index in [0.29, 0.717) is 6.61 Å². The van der Waals surface area contributed by atoms with Gasteiger partial charge in [0.1, 0.15) is 11.6 Å². The van der Waals surface area contributed by atoms with E-state index < -0.39 is 5.60 Å². The van der Waals surface area contributed by atoms with E-state index in [9.17, 15) is 4.79 Å². The molecule has 0 fully saturated rings. The van der Waals surface area contributed by atoms with Crippen LogP contribution in [0.5, 0.6) is 0 Å². The van der Waals surface area contributed by atoms with Gasteiger partial charge in [-0.15, -0.1) is 0 Å². The van der Waals surface area contributed by atoms with E-state index in [0.717, 1.165) is 16.8 Å². The second kappa shape index (κ2) is 5.43. The van der Waals surface area contributed by atoms with Gasteiger partial charge >= 0.3 is 0 Å². The number of carbonyl (C=O) groups is 1. The van der Waals surface area contributed by atoms with Crippen LogP contribution in [0.15, 0.2) is 53.1 Å². The zero-order valence-corrected chi connectivity index (χ0v) is 15.6. The first-order valence-electron chi connectivity index (χ1n) is 8.94. The molecule has 4 rings (SSSR count). The van der Waals surface area contributed by atoms with E-state index in [-0.39, 0.29) is 17.7 Å². The number of hydrogen-bond donors (Lipinski definition) is 0. The number of carbonyl (C=O) groups excluding carboxylic acids is 1. The highest BCUT2D eigenvalue weighted by Gasteiger charge is 2.56. The van der Waals surface area contributed by atoms with Gasteiger partial charge < -0.3 is 9.64 Å². The third-order valence-corrected chi connectivity index (χ3v) is 6.11. The molecule has 0 saturated carbocycles. The Bertz CT molecular complexity index is 861. The van der Waals surface area contributed by atoms with Crippen LogP contribution in [-0.2, 0) is 9.53 Å². The number of benzene rings is 1. The van der Waals surface area contributed by atoms with Gasteiger partial charge in [0.05, 0.1) is 6.61 Å². The highest BCUT2D eigenvalue weighted by molar-refractivity contribution is 5.95. The molecule has 1 aromatic carbocycles. The van der Waals surface area contributed by atoms with Crippen molar-refractivity contribution in [2.24, 2.45) is 5.92 Å². The Morgan fingerprint density at radius 3 is 2.64 bits per heavy atom. The number of nitrogens with zero attached hydrogens (tertiary/aromatic N) is 1. The molecule has 3 aliphatic rings. The number of hydrogen-bond acceptors (Lipinski definition) is 3. The van der Waals surface area contributed by atoms with Gasteiger partial charge in [-0.1, -0.05) is 36.8 Å². The fourth-order valence-corrected chi connectivity index (χ4v) is 4.50.